The van der Waals surface area contributed by atoms with Gasteiger partial charge in [0.05, 0.1) is 0 Å². The quantitative estimate of drug-likeness (QED) is 0.224. The third-order valence-electron chi connectivity index (χ3n) is 1.62. The minimum Gasteiger partial charge on any atom is -0.399 e. The van der Waals surface area contributed by atoms with E-state index in [1.165, 1.54) is 0 Å². The highest BCUT2D eigenvalue weighted by atomic mass is 15.3. The standard InChI is InChI=1S/C9H11N7/c10-4-8(15-16-9(13)14)5-1-6(11)3-7(12)2-5/h1-3H,11-12H2,(H4,13,14,16)/b15-8+. The molecule has 0 aliphatic heterocycles. The van der Waals surface area contributed by atoms with Crippen molar-refractivity contribution in [1.29, 1.82) is 5.26 Å². The van der Waals surface area contributed by atoms with Crippen molar-refractivity contribution in [3.63, 3.8) is 0 Å². The van der Waals surface area contributed by atoms with E-state index in [0.29, 0.717) is 16.9 Å². The van der Waals surface area contributed by atoms with Crippen LogP contribution in [0.4, 0.5) is 11.4 Å². The third kappa shape index (κ3) is 2.88. The van der Waals surface area contributed by atoms with E-state index in [9.17, 15) is 0 Å². The number of guanidine groups is 1. The van der Waals surface area contributed by atoms with Crippen molar-refractivity contribution >= 4 is 23.0 Å². The van der Waals surface area contributed by atoms with E-state index < -0.39 is 0 Å². The largest absolute Gasteiger partial charge is 0.399 e. The van der Waals surface area contributed by atoms with Crippen molar-refractivity contribution in [3.05, 3.63) is 23.8 Å². The molecule has 0 atom stereocenters. The van der Waals surface area contributed by atoms with Gasteiger partial charge in [-0.2, -0.15) is 5.26 Å². The van der Waals surface area contributed by atoms with Crippen LogP contribution in [0.2, 0.25) is 0 Å². The predicted molar refractivity (Wildman–Crippen MR) is 63.2 cm³/mol. The lowest BCUT2D eigenvalue weighted by atomic mass is 10.1. The molecule has 0 amide bonds. The van der Waals surface area contributed by atoms with Crippen LogP contribution >= 0.6 is 0 Å². The highest BCUT2D eigenvalue weighted by Gasteiger charge is 2.04. The van der Waals surface area contributed by atoms with Crippen molar-refractivity contribution < 1.29 is 0 Å². The Labute approximate surface area is 92.0 Å². The SMILES string of the molecule is N#C/C(=N\N=C(N)N)c1cc(N)cc(N)c1. The molecule has 0 aliphatic carbocycles. The molecule has 0 saturated carbocycles. The van der Waals surface area contributed by atoms with Gasteiger partial charge in [-0.25, -0.2) is 0 Å². The molecule has 82 valence electrons. The van der Waals surface area contributed by atoms with Crippen LogP contribution in [-0.4, -0.2) is 11.7 Å². The topological polar surface area (TPSA) is 153 Å². The lowest BCUT2D eigenvalue weighted by molar-refractivity contribution is 1.20. The first-order valence-corrected chi connectivity index (χ1v) is 4.26. The van der Waals surface area contributed by atoms with E-state index in [0.717, 1.165) is 0 Å². The van der Waals surface area contributed by atoms with Gasteiger partial charge in [-0.1, -0.05) is 0 Å². The van der Waals surface area contributed by atoms with Gasteiger partial charge in [-0.3, -0.25) is 0 Å². The predicted octanol–water partition coefficient (Wildman–Crippen LogP) is -0.648. The highest BCUT2D eigenvalue weighted by molar-refractivity contribution is 6.12. The lowest BCUT2D eigenvalue weighted by Crippen LogP contribution is -2.22. The zero-order valence-electron chi connectivity index (χ0n) is 8.38. The average Bonchev–Trinajstić information content (AvgIpc) is 2.16. The number of benzene rings is 1. The van der Waals surface area contributed by atoms with Gasteiger partial charge < -0.3 is 22.9 Å². The van der Waals surface area contributed by atoms with E-state index in [2.05, 4.69) is 10.2 Å². The Morgan fingerprint density at radius 1 is 1.06 bits per heavy atom. The molecule has 0 heterocycles. The number of anilines is 2. The van der Waals surface area contributed by atoms with Gasteiger partial charge in [0, 0.05) is 16.9 Å². The molecule has 1 aromatic carbocycles. The van der Waals surface area contributed by atoms with Crippen LogP contribution in [-0.2, 0) is 0 Å². The summed E-state index contributed by atoms with van der Waals surface area (Å²) < 4.78 is 0. The summed E-state index contributed by atoms with van der Waals surface area (Å²) in [7, 11) is 0. The molecule has 0 aromatic heterocycles. The van der Waals surface area contributed by atoms with Gasteiger partial charge >= 0.3 is 0 Å². The summed E-state index contributed by atoms with van der Waals surface area (Å²) in [6, 6.07) is 6.53. The van der Waals surface area contributed by atoms with Crippen molar-refractivity contribution in [2.75, 3.05) is 11.5 Å². The van der Waals surface area contributed by atoms with Crippen LogP contribution < -0.4 is 22.9 Å². The smallest absolute Gasteiger partial charge is 0.211 e. The minimum absolute atomic E-state index is 0.0346. The van der Waals surface area contributed by atoms with Gasteiger partial charge in [-0.05, 0) is 18.2 Å². The summed E-state index contributed by atoms with van der Waals surface area (Å²) in [5, 5.41) is 15.8. The molecule has 0 radical (unpaired) electrons. The zero-order chi connectivity index (χ0) is 12.1. The Morgan fingerprint density at radius 2 is 1.62 bits per heavy atom. The molecule has 0 fully saturated rings. The molecule has 16 heavy (non-hydrogen) atoms. The fourth-order valence-corrected chi connectivity index (χ4v) is 1.07. The van der Waals surface area contributed by atoms with E-state index in [1.54, 1.807) is 18.2 Å². The number of rotatable bonds is 2. The number of hydrogen-bond donors (Lipinski definition) is 4. The van der Waals surface area contributed by atoms with Gasteiger partial charge in [-0.15, -0.1) is 10.2 Å². The minimum atomic E-state index is -0.232. The normalized spacial score (nSPS) is 10.6. The fraction of sp³-hybridized carbons (Fsp3) is 0. The molecule has 1 rings (SSSR count). The van der Waals surface area contributed by atoms with Crippen LogP contribution in [0.25, 0.3) is 0 Å². The fourth-order valence-electron chi connectivity index (χ4n) is 1.07. The van der Waals surface area contributed by atoms with Gasteiger partial charge in [0.2, 0.25) is 5.96 Å². The maximum Gasteiger partial charge on any atom is 0.211 e. The molecular formula is C9H11N7. The molecule has 8 N–H and O–H groups in total. The summed E-state index contributed by atoms with van der Waals surface area (Å²) in [6.07, 6.45) is 0. The average molecular weight is 217 g/mol. The summed E-state index contributed by atoms with van der Waals surface area (Å²) in [5.41, 5.74) is 22.7. The zero-order valence-corrected chi connectivity index (χ0v) is 8.38. The second kappa shape index (κ2) is 4.65. The Hall–Kier alpha value is -2.75. The Morgan fingerprint density at radius 3 is 2.06 bits per heavy atom. The van der Waals surface area contributed by atoms with Crippen molar-refractivity contribution in [2.24, 2.45) is 21.7 Å². The number of hydrogen-bond acceptors (Lipinski definition) is 5. The van der Waals surface area contributed by atoms with Gasteiger partial charge in [0.15, 0.2) is 5.71 Å². The molecular weight excluding hydrogens is 206 g/mol. The van der Waals surface area contributed by atoms with Crippen molar-refractivity contribution in [2.45, 2.75) is 0 Å². The Bertz CT molecular complexity index is 471. The second-order valence-electron chi connectivity index (χ2n) is 2.97. The van der Waals surface area contributed by atoms with Crippen LogP contribution in [0.5, 0.6) is 0 Å². The highest BCUT2D eigenvalue weighted by Crippen LogP contribution is 2.14. The van der Waals surface area contributed by atoms with Crippen LogP contribution in [0.15, 0.2) is 28.4 Å². The summed E-state index contributed by atoms with van der Waals surface area (Å²) >= 11 is 0. The molecule has 0 saturated heterocycles. The van der Waals surface area contributed by atoms with Crippen LogP contribution in [0, 0.1) is 11.3 Å². The monoisotopic (exact) mass is 217 g/mol. The Balaban J connectivity index is 3.20. The van der Waals surface area contributed by atoms with E-state index in [4.69, 9.17) is 28.2 Å². The van der Waals surface area contributed by atoms with Gasteiger partial charge in [0.1, 0.15) is 6.07 Å². The molecule has 1 aromatic rings. The number of nitrogens with two attached hydrogens (primary N) is 4. The third-order valence-corrected chi connectivity index (χ3v) is 1.62. The van der Waals surface area contributed by atoms with Crippen molar-refractivity contribution in [3.8, 4) is 6.07 Å². The van der Waals surface area contributed by atoms with Crippen LogP contribution in [0.3, 0.4) is 0 Å². The first-order valence-electron chi connectivity index (χ1n) is 4.26. The molecule has 7 heteroatoms. The molecule has 0 spiro atoms. The van der Waals surface area contributed by atoms with Gasteiger partial charge in [0.25, 0.3) is 0 Å². The summed E-state index contributed by atoms with van der Waals surface area (Å²) in [5.74, 6) is -0.232. The number of nitriles is 1. The number of nitrogens with zero attached hydrogens (tertiary/aromatic N) is 3. The molecule has 0 aliphatic rings. The first kappa shape index (κ1) is 11.3. The molecule has 0 bridgehead atoms. The summed E-state index contributed by atoms with van der Waals surface area (Å²) in [6.45, 7) is 0. The molecule has 7 nitrogen and oxygen atoms in total. The maximum absolute atomic E-state index is 8.86. The van der Waals surface area contributed by atoms with Crippen LogP contribution in [0.1, 0.15) is 5.56 Å². The van der Waals surface area contributed by atoms with E-state index in [1.807, 2.05) is 6.07 Å². The second-order valence-corrected chi connectivity index (χ2v) is 2.97. The van der Waals surface area contributed by atoms with Crippen molar-refractivity contribution in [1.82, 2.24) is 0 Å². The lowest BCUT2D eigenvalue weighted by Gasteiger charge is -2.01. The molecule has 0 unspecified atom stereocenters. The van der Waals surface area contributed by atoms with E-state index in [-0.39, 0.29) is 11.7 Å². The summed E-state index contributed by atoms with van der Waals surface area (Å²) in [4.78, 5) is 0. The number of nitrogen functional groups attached to an aromatic ring is 2. The van der Waals surface area contributed by atoms with E-state index >= 15 is 0 Å². The maximum atomic E-state index is 8.86. The first-order chi connectivity index (χ1) is 7.52. The Kier molecular flexibility index (Phi) is 3.29.